The van der Waals surface area contributed by atoms with Gasteiger partial charge in [-0.25, -0.2) is 0 Å². The highest BCUT2D eigenvalue weighted by molar-refractivity contribution is 7.26. The van der Waals surface area contributed by atoms with Crippen molar-refractivity contribution in [1.82, 2.24) is 0 Å². The number of fused-ring (bicyclic) bond motifs is 5. The SMILES string of the molecule is c1ccc(-c2ccc(-c3ccc(N(c4ccccc4)c4ccc(-c5cccc6ccc7c8ccccc8sc7c56)cc4)cc3)cc2)cc1. The van der Waals surface area contributed by atoms with Gasteiger partial charge in [0.15, 0.2) is 0 Å². The van der Waals surface area contributed by atoms with E-state index in [1.54, 1.807) is 0 Å². The summed E-state index contributed by atoms with van der Waals surface area (Å²) in [4.78, 5) is 2.33. The molecule has 9 aromatic rings. The maximum Gasteiger partial charge on any atom is 0.0462 e. The first-order chi connectivity index (χ1) is 23.8. The first kappa shape index (κ1) is 28.3. The predicted octanol–water partition coefficient (Wildman–Crippen LogP) is 13.7. The van der Waals surface area contributed by atoms with Crippen molar-refractivity contribution in [2.75, 3.05) is 4.90 Å². The third-order valence-electron chi connectivity index (χ3n) is 9.29. The molecular formula is C46H31NS. The van der Waals surface area contributed by atoms with Crippen LogP contribution in [0.15, 0.2) is 188 Å². The number of para-hydroxylation sites is 1. The van der Waals surface area contributed by atoms with Gasteiger partial charge in [0.1, 0.15) is 0 Å². The van der Waals surface area contributed by atoms with Gasteiger partial charge in [0.2, 0.25) is 0 Å². The normalized spacial score (nSPS) is 11.3. The molecule has 0 aliphatic rings. The fraction of sp³-hybridized carbons (Fsp3) is 0. The van der Waals surface area contributed by atoms with Crippen LogP contribution < -0.4 is 4.90 Å². The Bertz CT molecular complexity index is 2510. The molecule has 9 rings (SSSR count). The van der Waals surface area contributed by atoms with E-state index in [1.165, 1.54) is 64.3 Å². The highest BCUT2D eigenvalue weighted by Crippen LogP contribution is 2.43. The third kappa shape index (κ3) is 5.04. The lowest BCUT2D eigenvalue weighted by atomic mass is 9.96. The van der Waals surface area contributed by atoms with Crippen LogP contribution in [-0.4, -0.2) is 0 Å². The highest BCUT2D eigenvalue weighted by Gasteiger charge is 2.15. The Balaban J connectivity index is 1.08. The number of thiophene rings is 1. The Morgan fingerprint density at radius 3 is 1.52 bits per heavy atom. The molecule has 0 atom stereocenters. The zero-order valence-corrected chi connectivity index (χ0v) is 27.1. The zero-order chi connectivity index (χ0) is 31.9. The predicted molar refractivity (Wildman–Crippen MR) is 208 cm³/mol. The van der Waals surface area contributed by atoms with Gasteiger partial charge < -0.3 is 4.90 Å². The summed E-state index contributed by atoms with van der Waals surface area (Å²) in [5.74, 6) is 0. The molecule has 0 saturated carbocycles. The summed E-state index contributed by atoms with van der Waals surface area (Å²) in [6, 6.07) is 67.9. The van der Waals surface area contributed by atoms with Crippen molar-refractivity contribution in [2.45, 2.75) is 0 Å². The second kappa shape index (κ2) is 12.0. The van der Waals surface area contributed by atoms with E-state index in [2.05, 4.69) is 193 Å². The van der Waals surface area contributed by atoms with Gasteiger partial charge in [-0.1, -0.05) is 146 Å². The minimum atomic E-state index is 1.12. The van der Waals surface area contributed by atoms with Gasteiger partial charge in [-0.3, -0.25) is 0 Å². The van der Waals surface area contributed by atoms with E-state index in [-0.39, 0.29) is 0 Å². The van der Waals surface area contributed by atoms with E-state index in [0.717, 1.165) is 17.1 Å². The van der Waals surface area contributed by atoms with E-state index in [0.29, 0.717) is 0 Å². The molecule has 0 fully saturated rings. The molecular weight excluding hydrogens is 599 g/mol. The molecule has 48 heavy (non-hydrogen) atoms. The highest BCUT2D eigenvalue weighted by atomic mass is 32.1. The number of hydrogen-bond donors (Lipinski definition) is 0. The summed E-state index contributed by atoms with van der Waals surface area (Å²) < 4.78 is 2.69. The fourth-order valence-corrected chi connectivity index (χ4v) is 8.17. The van der Waals surface area contributed by atoms with Gasteiger partial charge in [-0.05, 0) is 81.2 Å². The van der Waals surface area contributed by atoms with E-state index in [4.69, 9.17) is 0 Å². The first-order valence-corrected chi connectivity index (χ1v) is 17.2. The topological polar surface area (TPSA) is 3.24 Å². The molecule has 1 nitrogen and oxygen atoms in total. The summed E-state index contributed by atoms with van der Waals surface area (Å²) in [5.41, 5.74) is 10.7. The van der Waals surface area contributed by atoms with Crippen molar-refractivity contribution in [3.05, 3.63) is 188 Å². The van der Waals surface area contributed by atoms with Crippen LogP contribution in [-0.2, 0) is 0 Å². The van der Waals surface area contributed by atoms with Crippen LogP contribution in [0.5, 0.6) is 0 Å². The number of anilines is 3. The monoisotopic (exact) mass is 629 g/mol. The summed E-state index contributed by atoms with van der Waals surface area (Å²) in [7, 11) is 0. The van der Waals surface area contributed by atoms with Gasteiger partial charge >= 0.3 is 0 Å². The van der Waals surface area contributed by atoms with Crippen molar-refractivity contribution in [1.29, 1.82) is 0 Å². The molecule has 226 valence electrons. The molecule has 1 aromatic heterocycles. The molecule has 0 aliphatic carbocycles. The van der Waals surface area contributed by atoms with Crippen molar-refractivity contribution in [3.63, 3.8) is 0 Å². The number of benzene rings is 8. The lowest BCUT2D eigenvalue weighted by molar-refractivity contribution is 1.28. The second-order valence-corrected chi connectivity index (χ2v) is 13.2. The molecule has 0 amide bonds. The van der Waals surface area contributed by atoms with Crippen LogP contribution in [0, 0.1) is 0 Å². The molecule has 0 saturated heterocycles. The van der Waals surface area contributed by atoms with Crippen LogP contribution in [0.1, 0.15) is 0 Å². The Morgan fingerprint density at radius 1 is 0.333 bits per heavy atom. The Labute approximate surface area is 284 Å². The molecule has 0 radical (unpaired) electrons. The van der Waals surface area contributed by atoms with Gasteiger partial charge in [-0.2, -0.15) is 0 Å². The molecule has 0 unspecified atom stereocenters. The third-order valence-corrected chi connectivity index (χ3v) is 10.5. The van der Waals surface area contributed by atoms with Gasteiger partial charge in [0, 0.05) is 42.6 Å². The first-order valence-electron chi connectivity index (χ1n) is 16.3. The molecule has 2 heteroatoms. The fourth-order valence-electron chi connectivity index (χ4n) is 6.90. The number of hydrogen-bond acceptors (Lipinski definition) is 2. The average Bonchev–Trinajstić information content (AvgIpc) is 3.55. The lowest BCUT2D eigenvalue weighted by Gasteiger charge is -2.26. The Hall–Kier alpha value is -5.96. The standard InChI is InChI=1S/C46H31NS/c1-3-10-32(11-4-1)33-18-20-34(21-19-33)35-22-27-39(28-23-35)47(38-13-5-2-6-14-38)40-29-24-36(25-30-40)41-16-9-12-37-26-31-43-42-15-7-8-17-44(42)48-46(43)45(37)41/h1-31H. The summed E-state index contributed by atoms with van der Waals surface area (Å²) in [6.45, 7) is 0. The molecule has 0 spiro atoms. The van der Waals surface area contributed by atoms with E-state index >= 15 is 0 Å². The molecule has 0 N–H and O–H groups in total. The van der Waals surface area contributed by atoms with Crippen LogP contribution in [0.2, 0.25) is 0 Å². The minimum Gasteiger partial charge on any atom is -0.311 e. The quantitative estimate of drug-likeness (QED) is 0.177. The number of nitrogens with zero attached hydrogens (tertiary/aromatic N) is 1. The Morgan fingerprint density at radius 2 is 0.854 bits per heavy atom. The van der Waals surface area contributed by atoms with Crippen LogP contribution >= 0.6 is 11.3 Å². The average molecular weight is 630 g/mol. The maximum atomic E-state index is 2.33. The van der Waals surface area contributed by atoms with Crippen LogP contribution in [0.25, 0.3) is 64.3 Å². The van der Waals surface area contributed by atoms with Gasteiger partial charge in [0.25, 0.3) is 0 Å². The molecule has 0 aliphatic heterocycles. The largest absolute Gasteiger partial charge is 0.311 e. The van der Waals surface area contributed by atoms with Crippen LogP contribution in [0.3, 0.4) is 0 Å². The van der Waals surface area contributed by atoms with Crippen LogP contribution in [0.4, 0.5) is 17.1 Å². The summed E-state index contributed by atoms with van der Waals surface area (Å²) >= 11 is 1.89. The smallest absolute Gasteiger partial charge is 0.0462 e. The zero-order valence-electron chi connectivity index (χ0n) is 26.3. The summed E-state index contributed by atoms with van der Waals surface area (Å²) in [5, 5.41) is 5.27. The van der Waals surface area contributed by atoms with Crippen molar-refractivity contribution < 1.29 is 0 Å². The van der Waals surface area contributed by atoms with Crippen molar-refractivity contribution in [3.8, 4) is 33.4 Å². The molecule has 8 aromatic carbocycles. The van der Waals surface area contributed by atoms with E-state index < -0.39 is 0 Å². The maximum absolute atomic E-state index is 2.33. The van der Waals surface area contributed by atoms with E-state index in [9.17, 15) is 0 Å². The molecule has 0 bridgehead atoms. The minimum absolute atomic E-state index is 1.12. The Kier molecular flexibility index (Phi) is 7.07. The number of rotatable bonds is 6. The second-order valence-electron chi connectivity index (χ2n) is 12.2. The van der Waals surface area contributed by atoms with Crippen molar-refractivity contribution in [2.24, 2.45) is 0 Å². The van der Waals surface area contributed by atoms with Gasteiger partial charge in [0.05, 0.1) is 0 Å². The van der Waals surface area contributed by atoms with Crippen molar-refractivity contribution >= 4 is 59.3 Å². The van der Waals surface area contributed by atoms with Gasteiger partial charge in [-0.15, -0.1) is 11.3 Å². The lowest BCUT2D eigenvalue weighted by Crippen LogP contribution is -2.09. The van der Waals surface area contributed by atoms with E-state index in [1.807, 2.05) is 11.3 Å². The summed E-state index contributed by atoms with van der Waals surface area (Å²) in [6.07, 6.45) is 0. The molecule has 1 heterocycles.